The summed E-state index contributed by atoms with van der Waals surface area (Å²) in [6.45, 7) is 1.75. The maximum atomic E-state index is 14.4. The molecule has 1 N–H and O–H groups in total. The van der Waals surface area contributed by atoms with Crippen LogP contribution in [0.5, 0.6) is 5.75 Å². The van der Waals surface area contributed by atoms with E-state index >= 15 is 0 Å². The first-order valence-electron chi connectivity index (χ1n) is 13.1. The zero-order valence-electron chi connectivity index (χ0n) is 21.8. The summed E-state index contributed by atoms with van der Waals surface area (Å²) in [5.41, 5.74) is 5.64. The summed E-state index contributed by atoms with van der Waals surface area (Å²) in [6.07, 6.45) is 1.63. The van der Waals surface area contributed by atoms with Crippen molar-refractivity contribution in [3.05, 3.63) is 119 Å². The van der Waals surface area contributed by atoms with Crippen molar-refractivity contribution in [2.45, 2.75) is 18.3 Å². The lowest BCUT2D eigenvalue weighted by atomic mass is 9.47. The van der Waals surface area contributed by atoms with Crippen molar-refractivity contribution in [2.24, 2.45) is 16.9 Å². The topological polar surface area (TPSA) is 101 Å². The third kappa shape index (κ3) is 3.13. The fourth-order valence-corrected chi connectivity index (χ4v) is 6.91. The summed E-state index contributed by atoms with van der Waals surface area (Å²) in [5.74, 6) is -1.66. The van der Waals surface area contributed by atoms with E-state index in [1.807, 2.05) is 48.5 Å². The van der Waals surface area contributed by atoms with Gasteiger partial charge in [-0.15, -0.1) is 0 Å². The fourth-order valence-electron chi connectivity index (χ4n) is 6.91. The van der Waals surface area contributed by atoms with Crippen LogP contribution in [0, 0.1) is 18.8 Å². The number of methoxy groups -OCH3 is 1. The van der Waals surface area contributed by atoms with E-state index in [2.05, 4.69) is 10.5 Å². The minimum atomic E-state index is -1.09. The Kier molecular flexibility index (Phi) is 5.28. The first-order valence-corrected chi connectivity index (χ1v) is 13.1. The molecule has 1 aliphatic heterocycles. The van der Waals surface area contributed by atoms with Crippen molar-refractivity contribution in [1.29, 1.82) is 0 Å². The zero-order chi connectivity index (χ0) is 27.6. The van der Waals surface area contributed by atoms with Crippen molar-refractivity contribution >= 4 is 29.6 Å². The molecule has 3 amide bonds. The van der Waals surface area contributed by atoms with Gasteiger partial charge in [-0.3, -0.25) is 14.4 Å². The van der Waals surface area contributed by atoms with Gasteiger partial charge in [0.25, 0.3) is 0 Å². The summed E-state index contributed by atoms with van der Waals surface area (Å²) in [7, 11) is 1.52. The number of imide groups is 1. The molecule has 0 saturated carbocycles. The minimum absolute atomic E-state index is 0.132. The second kappa shape index (κ2) is 8.77. The number of para-hydroxylation sites is 2. The molecule has 3 aromatic carbocycles. The van der Waals surface area contributed by atoms with Gasteiger partial charge in [-0.2, -0.15) is 5.10 Å². The number of furan rings is 1. The van der Waals surface area contributed by atoms with E-state index in [1.165, 1.54) is 12.0 Å². The predicted molar refractivity (Wildman–Crippen MR) is 147 cm³/mol. The van der Waals surface area contributed by atoms with Gasteiger partial charge in [0, 0.05) is 12.1 Å². The van der Waals surface area contributed by atoms with Gasteiger partial charge in [0.2, 0.25) is 11.8 Å². The number of carbonyl (C=O) groups excluding carboxylic acids is 3. The van der Waals surface area contributed by atoms with Gasteiger partial charge < -0.3 is 9.15 Å². The van der Waals surface area contributed by atoms with Gasteiger partial charge in [0.1, 0.15) is 11.5 Å². The van der Waals surface area contributed by atoms with Crippen LogP contribution in [0.2, 0.25) is 0 Å². The Bertz CT molecular complexity index is 1690. The molecular weight excluding hydrogens is 506 g/mol. The molecule has 4 aliphatic rings. The van der Waals surface area contributed by atoms with Gasteiger partial charge in [-0.25, -0.2) is 10.3 Å². The van der Waals surface area contributed by atoms with Crippen molar-refractivity contribution < 1.29 is 23.5 Å². The molecule has 3 aliphatic carbocycles. The number of hydrazone groups is 1. The molecule has 40 heavy (non-hydrogen) atoms. The maximum absolute atomic E-state index is 14.4. The molecule has 4 aromatic rings. The highest BCUT2D eigenvalue weighted by Gasteiger charge is 2.68. The van der Waals surface area contributed by atoms with Gasteiger partial charge in [-0.05, 0) is 53.4 Å². The number of anilines is 1. The number of aryl methyl sites for hydroxylation is 1. The minimum Gasteiger partial charge on any atom is -0.495 e. The van der Waals surface area contributed by atoms with E-state index in [1.54, 1.807) is 49.5 Å². The van der Waals surface area contributed by atoms with Crippen molar-refractivity contribution in [2.75, 3.05) is 12.0 Å². The molecule has 0 radical (unpaired) electrons. The number of benzene rings is 3. The van der Waals surface area contributed by atoms with Crippen LogP contribution in [0.4, 0.5) is 5.69 Å². The van der Waals surface area contributed by atoms with E-state index in [0.717, 1.165) is 22.3 Å². The molecule has 0 spiro atoms. The number of hydrogen-bond donors (Lipinski definition) is 1. The van der Waals surface area contributed by atoms with Crippen molar-refractivity contribution in [3.8, 4) is 5.75 Å². The lowest BCUT2D eigenvalue weighted by Gasteiger charge is -2.52. The number of hydrogen-bond acceptors (Lipinski definition) is 6. The normalized spacial score (nSPS) is 24.1. The van der Waals surface area contributed by atoms with E-state index in [4.69, 9.17) is 9.15 Å². The van der Waals surface area contributed by atoms with Gasteiger partial charge in [0.15, 0.2) is 5.76 Å². The quantitative estimate of drug-likeness (QED) is 0.231. The van der Waals surface area contributed by atoms with Crippen LogP contribution in [0.25, 0.3) is 0 Å². The average Bonchev–Trinajstić information content (AvgIpc) is 3.54. The fraction of sp³-hybridized carbons (Fsp3) is 0.188. The first kappa shape index (κ1) is 24.1. The number of carbonyl (C=O) groups is 3. The smallest absolute Gasteiger partial charge is 0.307 e. The van der Waals surface area contributed by atoms with E-state index in [9.17, 15) is 14.4 Å². The monoisotopic (exact) mass is 531 g/mol. The van der Waals surface area contributed by atoms with Crippen LogP contribution in [-0.2, 0) is 15.0 Å². The Morgan fingerprint density at radius 1 is 0.925 bits per heavy atom. The zero-order valence-corrected chi connectivity index (χ0v) is 21.8. The van der Waals surface area contributed by atoms with Crippen LogP contribution in [0.3, 0.4) is 0 Å². The maximum Gasteiger partial charge on any atom is 0.307 e. The lowest BCUT2D eigenvalue weighted by molar-refractivity contribution is -0.122. The summed E-state index contributed by atoms with van der Waals surface area (Å²) < 4.78 is 11.0. The largest absolute Gasteiger partial charge is 0.495 e. The molecular formula is C32H25N3O5. The highest BCUT2D eigenvalue weighted by atomic mass is 16.5. The second-order valence-corrected chi connectivity index (χ2v) is 10.3. The summed E-state index contributed by atoms with van der Waals surface area (Å²) in [4.78, 5) is 42.8. The average molecular weight is 532 g/mol. The van der Waals surface area contributed by atoms with E-state index in [0.29, 0.717) is 17.2 Å². The third-order valence-electron chi connectivity index (χ3n) is 8.41. The highest BCUT2D eigenvalue weighted by molar-refractivity contribution is 6.25. The molecule has 2 heterocycles. The van der Waals surface area contributed by atoms with Gasteiger partial charge in [0.05, 0.1) is 30.0 Å². The van der Waals surface area contributed by atoms with Crippen molar-refractivity contribution in [1.82, 2.24) is 5.43 Å². The summed E-state index contributed by atoms with van der Waals surface area (Å²) in [5, 5.41) is 4.41. The van der Waals surface area contributed by atoms with Gasteiger partial charge in [-0.1, -0.05) is 60.7 Å². The Morgan fingerprint density at radius 2 is 1.57 bits per heavy atom. The summed E-state index contributed by atoms with van der Waals surface area (Å²) in [6, 6.07) is 26.1. The lowest BCUT2D eigenvalue weighted by Crippen LogP contribution is -2.54. The molecule has 8 nitrogen and oxygen atoms in total. The number of nitrogens with zero attached hydrogens (tertiary/aromatic N) is 2. The first-order chi connectivity index (χ1) is 19.5. The van der Waals surface area contributed by atoms with Crippen LogP contribution < -0.4 is 15.1 Å². The van der Waals surface area contributed by atoms with Crippen LogP contribution in [0.15, 0.2) is 94.4 Å². The number of amides is 3. The Hall–Kier alpha value is -4.98. The van der Waals surface area contributed by atoms with E-state index < -0.39 is 23.2 Å². The molecule has 1 aromatic heterocycles. The third-order valence-corrected chi connectivity index (χ3v) is 8.41. The SMILES string of the molecule is COc1ccccc1N1C(=O)[C@@H]2C3c4ccccc4C(/C=N\NC(=O)c4ccc(C)o4)(c4ccccc43)[C@@H]2C1=O. The predicted octanol–water partition coefficient (Wildman–Crippen LogP) is 4.56. The molecule has 8 heteroatoms. The molecule has 1 fully saturated rings. The van der Waals surface area contributed by atoms with Gasteiger partial charge >= 0.3 is 5.91 Å². The molecule has 2 bridgehead atoms. The molecule has 2 atom stereocenters. The molecule has 8 rings (SSSR count). The Morgan fingerprint density at radius 3 is 2.23 bits per heavy atom. The molecule has 0 unspecified atom stereocenters. The van der Waals surface area contributed by atoms with E-state index in [-0.39, 0.29) is 23.5 Å². The highest BCUT2D eigenvalue weighted by Crippen LogP contribution is 2.63. The standard InChI is InChI=1S/C32H25N3O5/c1-18-15-16-25(40-18)29(36)34-33-17-32-21-11-5-3-9-19(21)26(20-10-4-6-12-22(20)32)27-28(32)31(38)35(30(27)37)23-13-7-8-14-24(23)39-2/h3-17,26-28H,1-2H3,(H,34,36)/b33-17-/t26?,27-,28+,32?/m1/s1. The van der Waals surface area contributed by atoms with Crippen LogP contribution in [-0.4, -0.2) is 31.0 Å². The molecule has 1 saturated heterocycles. The Balaban J connectivity index is 1.42. The van der Waals surface area contributed by atoms with Crippen LogP contribution >= 0.6 is 0 Å². The molecule has 198 valence electrons. The number of nitrogens with one attached hydrogen (secondary N) is 1. The van der Waals surface area contributed by atoms with Crippen LogP contribution in [0.1, 0.15) is 44.5 Å². The number of ether oxygens (including phenoxy) is 1. The second-order valence-electron chi connectivity index (χ2n) is 10.3. The Labute approximate surface area is 230 Å². The van der Waals surface area contributed by atoms with Crippen molar-refractivity contribution in [3.63, 3.8) is 0 Å². The summed E-state index contributed by atoms with van der Waals surface area (Å²) >= 11 is 0. The number of rotatable bonds is 5.